The van der Waals surface area contributed by atoms with Crippen molar-refractivity contribution in [2.24, 2.45) is 16.7 Å². The molecule has 0 aliphatic carbocycles. The van der Waals surface area contributed by atoms with Crippen molar-refractivity contribution in [2.75, 3.05) is 0 Å². The van der Waals surface area contributed by atoms with Gasteiger partial charge in [0.25, 0.3) is 0 Å². The summed E-state index contributed by atoms with van der Waals surface area (Å²) >= 11 is 0. The van der Waals surface area contributed by atoms with E-state index in [1.54, 1.807) is 5.57 Å². The summed E-state index contributed by atoms with van der Waals surface area (Å²) < 4.78 is 0. The van der Waals surface area contributed by atoms with Gasteiger partial charge in [0, 0.05) is 0 Å². The molecule has 0 atom stereocenters. The van der Waals surface area contributed by atoms with Crippen molar-refractivity contribution in [2.45, 2.75) is 81.1 Å². The smallest absolute Gasteiger partial charge is 0.0149 e. The summed E-state index contributed by atoms with van der Waals surface area (Å²) in [4.78, 5) is 0. The summed E-state index contributed by atoms with van der Waals surface area (Å²) in [6.45, 7) is 18.7. The third-order valence-electron chi connectivity index (χ3n) is 4.49. The summed E-state index contributed by atoms with van der Waals surface area (Å²) in [5, 5.41) is 0. The summed E-state index contributed by atoms with van der Waals surface area (Å²) in [7, 11) is 0. The highest BCUT2D eigenvalue weighted by molar-refractivity contribution is 5.06. The molecule has 102 valence electrons. The van der Waals surface area contributed by atoms with Crippen molar-refractivity contribution in [1.29, 1.82) is 0 Å². The van der Waals surface area contributed by atoms with Crippen molar-refractivity contribution < 1.29 is 0 Å². The van der Waals surface area contributed by atoms with Gasteiger partial charge in [-0.2, -0.15) is 0 Å². The second-order valence-corrected chi connectivity index (χ2v) is 7.34. The van der Waals surface area contributed by atoms with Crippen LogP contribution in [-0.4, -0.2) is 0 Å². The molecule has 0 aromatic rings. The van der Waals surface area contributed by atoms with Crippen LogP contribution in [0.3, 0.4) is 0 Å². The number of hydrogen-bond donors (Lipinski definition) is 0. The molecule has 0 aliphatic heterocycles. The molecular weight excluding hydrogens is 204 g/mol. The molecule has 0 amide bonds. The molecule has 17 heavy (non-hydrogen) atoms. The SMILES string of the molecule is CCC(C)(C)CCCC(C)=CC(C)(C)C(C)C. The maximum Gasteiger partial charge on any atom is -0.0149 e. The summed E-state index contributed by atoms with van der Waals surface area (Å²) in [6, 6.07) is 0. The van der Waals surface area contributed by atoms with E-state index in [-0.39, 0.29) is 0 Å². The average molecular weight is 238 g/mol. The largest absolute Gasteiger partial charge is 0.0797 e. The molecule has 0 N–H and O–H groups in total. The highest BCUT2D eigenvalue weighted by Crippen LogP contribution is 2.31. The third kappa shape index (κ3) is 6.91. The quantitative estimate of drug-likeness (QED) is 0.462. The zero-order chi connectivity index (χ0) is 13.7. The van der Waals surface area contributed by atoms with Crippen LogP contribution in [0, 0.1) is 16.7 Å². The zero-order valence-electron chi connectivity index (χ0n) is 13.5. The van der Waals surface area contributed by atoms with Gasteiger partial charge in [-0.15, -0.1) is 0 Å². The van der Waals surface area contributed by atoms with Crippen molar-refractivity contribution in [3.8, 4) is 0 Å². The van der Waals surface area contributed by atoms with E-state index in [0.717, 1.165) is 0 Å². The molecule has 0 aliphatic rings. The van der Waals surface area contributed by atoms with Crippen LogP contribution in [0.1, 0.15) is 81.1 Å². The fourth-order valence-electron chi connectivity index (χ4n) is 1.90. The van der Waals surface area contributed by atoms with Gasteiger partial charge in [0.05, 0.1) is 0 Å². The fourth-order valence-corrected chi connectivity index (χ4v) is 1.90. The molecule has 0 radical (unpaired) electrons. The first kappa shape index (κ1) is 16.7. The lowest BCUT2D eigenvalue weighted by molar-refractivity contribution is 0.310. The monoisotopic (exact) mass is 238 g/mol. The minimum atomic E-state index is 0.338. The van der Waals surface area contributed by atoms with Crippen molar-refractivity contribution >= 4 is 0 Å². The fraction of sp³-hybridized carbons (Fsp3) is 0.882. The first-order valence-corrected chi connectivity index (χ1v) is 7.29. The van der Waals surface area contributed by atoms with Gasteiger partial charge in [0.1, 0.15) is 0 Å². The standard InChI is InChI=1S/C17H34/c1-9-16(5,6)12-10-11-15(4)13-17(7,8)14(2)3/h13-14H,9-12H2,1-8H3. The van der Waals surface area contributed by atoms with Gasteiger partial charge in [-0.25, -0.2) is 0 Å². The Kier molecular flexibility index (Phi) is 6.51. The van der Waals surface area contributed by atoms with E-state index in [0.29, 0.717) is 16.7 Å². The molecule has 0 aromatic carbocycles. The predicted octanol–water partition coefficient (Wildman–Crippen LogP) is 6.22. The van der Waals surface area contributed by atoms with Crippen LogP contribution in [0.25, 0.3) is 0 Å². The van der Waals surface area contributed by atoms with Crippen LogP contribution < -0.4 is 0 Å². The Bertz CT molecular complexity index is 241. The first-order chi connectivity index (χ1) is 7.60. The second-order valence-electron chi connectivity index (χ2n) is 7.34. The van der Waals surface area contributed by atoms with Crippen LogP contribution >= 0.6 is 0 Å². The molecule has 0 aromatic heterocycles. The van der Waals surface area contributed by atoms with E-state index in [9.17, 15) is 0 Å². The molecule has 0 saturated heterocycles. The second kappa shape index (κ2) is 6.61. The molecule has 0 spiro atoms. The zero-order valence-corrected chi connectivity index (χ0v) is 13.5. The molecule has 0 bridgehead atoms. The van der Waals surface area contributed by atoms with Gasteiger partial charge < -0.3 is 0 Å². The van der Waals surface area contributed by atoms with E-state index >= 15 is 0 Å². The Labute approximate surface area is 110 Å². The van der Waals surface area contributed by atoms with E-state index in [1.807, 2.05) is 0 Å². The highest BCUT2D eigenvalue weighted by atomic mass is 14.2. The topological polar surface area (TPSA) is 0 Å². The van der Waals surface area contributed by atoms with Gasteiger partial charge in [-0.1, -0.05) is 66.5 Å². The Morgan fingerprint density at radius 2 is 1.65 bits per heavy atom. The molecule has 0 heterocycles. The van der Waals surface area contributed by atoms with Crippen LogP contribution in [0.15, 0.2) is 11.6 Å². The third-order valence-corrected chi connectivity index (χ3v) is 4.49. The van der Waals surface area contributed by atoms with Crippen LogP contribution in [0.4, 0.5) is 0 Å². The van der Waals surface area contributed by atoms with Gasteiger partial charge in [-0.3, -0.25) is 0 Å². The molecule has 0 fully saturated rings. The minimum Gasteiger partial charge on any atom is -0.0797 e. The summed E-state index contributed by atoms with van der Waals surface area (Å²) in [5.74, 6) is 0.713. The van der Waals surface area contributed by atoms with E-state index in [2.05, 4.69) is 61.5 Å². The Morgan fingerprint density at radius 3 is 2.06 bits per heavy atom. The van der Waals surface area contributed by atoms with Crippen LogP contribution in [0.2, 0.25) is 0 Å². The lowest BCUT2D eigenvalue weighted by Gasteiger charge is -2.27. The van der Waals surface area contributed by atoms with E-state index in [4.69, 9.17) is 0 Å². The van der Waals surface area contributed by atoms with E-state index < -0.39 is 0 Å². The maximum absolute atomic E-state index is 2.48. The average Bonchev–Trinajstić information content (AvgIpc) is 2.16. The molecule has 0 rings (SSSR count). The van der Waals surface area contributed by atoms with E-state index in [1.165, 1.54) is 25.7 Å². The Balaban J connectivity index is 4.19. The number of hydrogen-bond acceptors (Lipinski definition) is 0. The Hall–Kier alpha value is -0.260. The molecule has 0 saturated carbocycles. The summed E-state index contributed by atoms with van der Waals surface area (Å²) in [6.07, 6.45) is 7.71. The minimum absolute atomic E-state index is 0.338. The van der Waals surface area contributed by atoms with Gasteiger partial charge in [0.15, 0.2) is 0 Å². The normalized spacial score (nSPS) is 14.5. The van der Waals surface area contributed by atoms with Crippen molar-refractivity contribution in [3.05, 3.63) is 11.6 Å². The predicted molar refractivity (Wildman–Crippen MR) is 80.3 cm³/mol. The Morgan fingerprint density at radius 1 is 1.12 bits per heavy atom. The summed E-state index contributed by atoms with van der Waals surface area (Å²) in [5.41, 5.74) is 2.42. The van der Waals surface area contributed by atoms with Crippen molar-refractivity contribution in [3.63, 3.8) is 0 Å². The van der Waals surface area contributed by atoms with Crippen LogP contribution in [-0.2, 0) is 0 Å². The number of rotatable bonds is 7. The van der Waals surface area contributed by atoms with Gasteiger partial charge >= 0.3 is 0 Å². The molecular formula is C17H34. The highest BCUT2D eigenvalue weighted by Gasteiger charge is 2.19. The first-order valence-electron chi connectivity index (χ1n) is 7.29. The lowest BCUT2D eigenvalue weighted by atomic mass is 9.79. The number of allylic oxidation sites excluding steroid dienone is 2. The van der Waals surface area contributed by atoms with Gasteiger partial charge in [0.2, 0.25) is 0 Å². The van der Waals surface area contributed by atoms with Crippen molar-refractivity contribution in [1.82, 2.24) is 0 Å². The van der Waals surface area contributed by atoms with Gasteiger partial charge in [-0.05, 0) is 42.9 Å². The maximum atomic E-state index is 2.48. The lowest BCUT2D eigenvalue weighted by Crippen LogP contribution is -2.16. The molecule has 0 nitrogen and oxygen atoms in total. The molecule has 0 unspecified atom stereocenters. The van der Waals surface area contributed by atoms with Crippen LogP contribution in [0.5, 0.6) is 0 Å². The molecule has 0 heteroatoms.